The molecule has 1 aromatic rings. The van der Waals surface area contributed by atoms with E-state index in [4.69, 9.17) is 0 Å². The summed E-state index contributed by atoms with van der Waals surface area (Å²) in [5.74, 6) is 0.459. The van der Waals surface area contributed by atoms with Crippen LogP contribution in [0.25, 0.3) is 0 Å². The first-order chi connectivity index (χ1) is 14.1. The SMILES string of the molecule is O=C(c1cccc(N2CCCC2=O)c1)N1CCC(C(=O)N2CCCCCC2)CC1. The summed E-state index contributed by atoms with van der Waals surface area (Å²) in [5, 5.41) is 0. The summed E-state index contributed by atoms with van der Waals surface area (Å²) < 4.78 is 0. The molecule has 0 aliphatic carbocycles. The average Bonchev–Trinajstić information content (AvgIpc) is 3.01. The number of likely N-dealkylation sites (tertiary alicyclic amines) is 2. The van der Waals surface area contributed by atoms with Crippen molar-refractivity contribution in [2.24, 2.45) is 5.92 Å². The lowest BCUT2D eigenvalue weighted by atomic mass is 9.94. The number of anilines is 1. The number of hydrogen-bond donors (Lipinski definition) is 0. The fraction of sp³-hybridized carbons (Fsp3) is 0.609. The number of hydrogen-bond acceptors (Lipinski definition) is 3. The Morgan fingerprint density at radius 2 is 1.55 bits per heavy atom. The Labute approximate surface area is 172 Å². The van der Waals surface area contributed by atoms with Crippen LogP contribution in [0.4, 0.5) is 5.69 Å². The fourth-order valence-corrected chi connectivity index (χ4v) is 4.79. The van der Waals surface area contributed by atoms with Crippen LogP contribution in [0, 0.1) is 5.92 Å². The Balaban J connectivity index is 1.35. The van der Waals surface area contributed by atoms with Crippen LogP contribution >= 0.6 is 0 Å². The number of benzene rings is 1. The van der Waals surface area contributed by atoms with Crippen LogP contribution in [0.15, 0.2) is 24.3 Å². The minimum Gasteiger partial charge on any atom is -0.342 e. The van der Waals surface area contributed by atoms with Gasteiger partial charge >= 0.3 is 0 Å². The molecule has 156 valence electrons. The molecule has 3 aliphatic heterocycles. The summed E-state index contributed by atoms with van der Waals surface area (Å²) in [6.45, 7) is 3.74. The van der Waals surface area contributed by atoms with Gasteiger partial charge in [0.2, 0.25) is 11.8 Å². The first kappa shape index (κ1) is 19.9. The van der Waals surface area contributed by atoms with E-state index < -0.39 is 0 Å². The molecule has 6 heteroatoms. The molecule has 0 N–H and O–H groups in total. The zero-order valence-electron chi connectivity index (χ0n) is 17.1. The molecule has 3 saturated heterocycles. The molecule has 1 aromatic carbocycles. The second kappa shape index (κ2) is 8.97. The van der Waals surface area contributed by atoms with Crippen molar-refractivity contribution in [3.8, 4) is 0 Å². The maximum Gasteiger partial charge on any atom is 0.253 e. The molecule has 0 aromatic heterocycles. The second-order valence-corrected chi connectivity index (χ2v) is 8.51. The first-order valence-corrected chi connectivity index (χ1v) is 11.1. The summed E-state index contributed by atoms with van der Waals surface area (Å²) in [6, 6.07) is 7.40. The summed E-state index contributed by atoms with van der Waals surface area (Å²) >= 11 is 0. The van der Waals surface area contributed by atoms with E-state index in [1.165, 1.54) is 12.8 Å². The van der Waals surface area contributed by atoms with Gasteiger partial charge in [0.1, 0.15) is 0 Å². The summed E-state index contributed by atoms with van der Waals surface area (Å²) in [7, 11) is 0. The number of piperidine rings is 1. The van der Waals surface area contributed by atoms with Crippen LogP contribution in [0.1, 0.15) is 61.7 Å². The lowest BCUT2D eigenvalue weighted by Crippen LogP contribution is -2.44. The van der Waals surface area contributed by atoms with Gasteiger partial charge in [0, 0.05) is 56.3 Å². The van der Waals surface area contributed by atoms with Gasteiger partial charge in [-0.15, -0.1) is 0 Å². The van der Waals surface area contributed by atoms with Gasteiger partial charge in [-0.25, -0.2) is 0 Å². The van der Waals surface area contributed by atoms with Crippen LogP contribution in [0.5, 0.6) is 0 Å². The molecule has 0 unspecified atom stereocenters. The summed E-state index contributed by atoms with van der Waals surface area (Å²) in [5.41, 5.74) is 1.43. The third-order valence-corrected chi connectivity index (χ3v) is 6.53. The average molecular weight is 398 g/mol. The Morgan fingerprint density at radius 3 is 2.21 bits per heavy atom. The molecule has 3 aliphatic rings. The van der Waals surface area contributed by atoms with Gasteiger partial charge in [-0.3, -0.25) is 14.4 Å². The number of carbonyl (C=O) groups is 3. The minimum atomic E-state index is -0.000771. The molecule has 0 atom stereocenters. The molecular formula is C23H31N3O3. The van der Waals surface area contributed by atoms with E-state index >= 15 is 0 Å². The van der Waals surface area contributed by atoms with Gasteiger partial charge < -0.3 is 14.7 Å². The van der Waals surface area contributed by atoms with E-state index in [1.807, 2.05) is 34.1 Å². The Hall–Kier alpha value is -2.37. The zero-order valence-corrected chi connectivity index (χ0v) is 17.1. The van der Waals surface area contributed by atoms with Crippen molar-refractivity contribution in [3.05, 3.63) is 29.8 Å². The standard InChI is InChI=1S/C23H31N3O3/c27-21-9-6-14-26(21)20-8-5-7-19(17-20)23(29)25-15-10-18(11-16-25)22(28)24-12-3-1-2-4-13-24/h5,7-8,17-18H,1-4,6,9-16H2. The zero-order chi connectivity index (χ0) is 20.2. The smallest absolute Gasteiger partial charge is 0.253 e. The molecule has 0 bridgehead atoms. The molecule has 6 nitrogen and oxygen atoms in total. The molecule has 0 spiro atoms. The van der Waals surface area contributed by atoms with Gasteiger partial charge in [-0.2, -0.15) is 0 Å². The third kappa shape index (κ3) is 4.46. The highest BCUT2D eigenvalue weighted by Gasteiger charge is 2.31. The van der Waals surface area contributed by atoms with Crippen molar-refractivity contribution >= 4 is 23.4 Å². The van der Waals surface area contributed by atoms with Gasteiger partial charge in [0.25, 0.3) is 5.91 Å². The highest BCUT2D eigenvalue weighted by molar-refractivity contribution is 5.99. The van der Waals surface area contributed by atoms with Gasteiger partial charge in [-0.05, 0) is 50.3 Å². The quantitative estimate of drug-likeness (QED) is 0.788. The Kier molecular flexibility index (Phi) is 6.16. The number of rotatable bonds is 3. The number of carbonyl (C=O) groups excluding carboxylic acids is 3. The van der Waals surface area contributed by atoms with Gasteiger partial charge in [0.15, 0.2) is 0 Å². The first-order valence-electron chi connectivity index (χ1n) is 11.1. The normalized spacial score (nSPS) is 21.4. The van der Waals surface area contributed by atoms with Crippen molar-refractivity contribution in [2.75, 3.05) is 37.6 Å². The minimum absolute atomic E-state index is 0.000771. The highest BCUT2D eigenvalue weighted by atomic mass is 16.2. The predicted molar refractivity (Wildman–Crippen MR) is 112 cm³/mol. The van der Waals surface area contributed by atoms with E-state index in [2.05, 4.69) is 0 Å². The lowest BCUT2D eigenvalue weighted by Gasteiger charge is -2.34. The Bertz CT molecular complexity index is 762. The Morgan fingerprint density at radius 1 is 0.828 bits per heavy atom. The topological polar surface area (TPSA) is 60.9 Å². The van der Waals surface area contributed by atoms with Crippen LogP contribution in [-0.4, -0.2) is 60.2 Å². The van der Waals surface area contributed by atoms with E-state index in [0.29, 0.717) is 25.1 Å². The molecule has 0 radical (unpaired) electrons. The summed E-state index contributed by atoms with van der Waals surface area (Å²) in [4.78, 5) is 43.5. The number of nitrogens with zero attached hydrogens (tertiary/aromatic N) is 3. The molecule has 3 heterocycles. The molecular weight excluding hydrogens is 366 g/mol. The third-order valence-electron chi connectivity index (χ3n) is 6.53. The van der Waals surface area contributed by atoms with E-state index in [9.17, 15) is 14.4 Å². The van der Waals surface area contributed by atoms with Gasteiger partial charge in [0.05, 0.1) is 0 Å². The van der Waals surface area contributed by atoms with Crippen molar-refractivity contribution in [3.63, 3.8) is 0 Å². The van der Waals surface area contributed by atoms with Crippen LogP contribution < -0.4 is 4.90 Å². The predicted octanol–water partition coefficient (Wildman–Crippen LogP) is 3.07. The second-order valence-electron chi connectivity index (χ2n) is 8.51. The largest absolute Gasteiger partial charge is 0.342 e. The van der Waals surface area contributed by atoms with Crippen LogP contribution in [0.2, 0.25) is 0 Å². The van der Waals surface area contributed by atoms with E-state index in [1.54, 1.807) is 4.90 Å². The van der Waals surface area contributed by atoms with Crippen molar-refractivity contribution in [2.45, 2.75) is 51.4 Å². The highest BCUT2D eigenvalue weighted by Crippen LogP contribution is 2.25. The monoisotopic (exact) mass is 397 g/mol. The van der Waals surface area contributed by atoms with Crippen molar-refractivity contribution < 1.29 is 14.4 Å². The van der Waals surface area contributed by atoms with Crippen molar-refractivity contribution in [1.82, 2.24) is 9.80 Å². The lowest BCUT2D eigenvalue weighted by molar-refractivity contribution is -0.136. The summed E-state index contributed by atoms with van der Waals surface area (Å²) in [6.07, 6.45) is 7.60. The molecule has 29 heavy (non-hydrogen) atoms. The van der Waals surface area contributed by atoms with Crippen LogP contribution in [0.3, 0.4) is 0 Å². The van der Waals surface area contributed by atoms with Gasteiger partial charge in [-0.1, -0.05) is 18.9 Å². The molecule has 4 rings (SSSR count). The molecule has 0 saturated carbocycles. The molecule has 3 fully saturated rings. The molecule has 3 amide bonds. The van der Waals surface area contributed by atoms with Crippen LogP contribution in [-0.2, 0) is 9.59 Å². The maximum absolute atomic E-state index is 13.0. The maximum atomic E-state index is 13.0. The fourth-order valence-electron chi connectivity index (χ4n) is 4.79. The van der Waals surface area contributed by atoms with E-state index in [-0.39, 0.29) is 23.6 Å². The van der Waals surface area contributed by atoms with E-state index in [0.717, 1.165) is 57.4 Å². The number of amides is 3. The van der Waals surface area contributed by atoms with Crippen molar-refractivity contribution in [1.29, 1.82) is 0 Å².